The highest BCUT2D eigenvalue weighted by Crippen LogP contribution is 2.27. The van der Waals surface area contributed by atoms with Crippen LogP contribution in [0.3, 0.4) is 0 Å². The monoisotopic (exact) mass is 334 g/mol. The molecule has 0 fully saturated rings. The summed E-state index contributed by atoms with van der Waals surface area (Å²) in [5.74, 6) is -0.747. The molecule has 0 unspecified atom stereocenters. The van der Waals surface area contributed by atoms with Crippen molar-refractivity contribution in [3.05, 3.63) is 65.5 Å². The van der Waals surface area contributed by atoms with Gasteiger partial charge in [-0.2, -0.15) is 5.10 Å². The zero-order chi connectivity index (χ0) is 17.6. The van der Waals surface area contributed by atoms with Crippen LogP contribution in [-0.2, 0) is 7.05 Å². The number of amides is 1. The van der Waals surface area contributed by atoms with Gasteiger partial charge in [-0.15, -0.1) is 0 Å². The van der Waals surface area contributed by atoms with Crippen LogP contribution in [-0.4, -0.2) is 20.7 Å². The maximum atomic E-state index is 13.8. The number of rotatable bonds is 2. The molecule has 0 saturated heterocycles. The minimum Gasteiger partial charge on any atom is -0.304 e. The highest BCUT2D eigenvalue weighted by atomic mass is 19.1. The Labute approximate surface area is 143 Å². The molecule has 1 amide bonds. The van der Waals surface area contributed by atoms with Crippen LogP contribution < -0.4 is 5.32 Å². The van der Waals surface area contributed by atoms with E-state index in [9.17, 15) is 9.18 Å². The number of nitrogens with one attached hydrogen (secondary N) is 1. The Balaban J connectivity index is 1.83. The SMILES string of the molecule is Cc1cccc2cc3c(NC(=O)c4ccccc4F)nn(C)c3nc12. The fourth-order valence-electron chi connectivity index (χ4n) is 2.92. The Kier molecular flexibility index (Phi) is 3.46. The van der Waals surface area contributed by atoms with Gasteiger partial charge < -0.3 is 5.32 Å². The van der Waals surface area contributed by atoms with Gasteiger partial charge in [-0.3, -0.25) is 4.79 Å². The second-order valence-electron chi connectivity index (χ2n) is 5.91. The average molecular weight is 334 g/mol. The molecule has 0 aliphatic carbocycles. The number of halogens is 1. The van der Waals surface area contributed by atoms with Crippen LogP contribution in [0.15, 0.2) is 48.5 Å². The lowest BCUT2D eigenvalue weighted by atomic mass is 10.1. The van der Waals surface area contributed by atoms with Crippen LogP contribution in [0, 0.1) is 12.7 Å². The van der Waals surface area contributed by atoms with Crippen LogP contribution in [0.4, 0.5) is 10.2 Å². The Morgan fingerprint density at radius 2 is 1.96 bits per heavy atom. The molecule has 0 atom stereocenters. The Hall–Kier alpha value is -3.28. The third-order valence-corrected chi connectivity index (χ3v) is 4.19. The number of para-hydroxylation sites is 1. The first-order valence-corrected chi connectivity index (χ1v) is 7.83. The first-order valence-electron chi connectivity index (χ1n) is 7.83. The zero-order valence-corrected chi connectivity index (χ0v) is 13.7. The molecule has 4 aromatic rings. The van der Waals surface area contributed by atoms with Gasteiger partial charge in [0.2, 0.25) is 0 Å². The van der Waals surface area contributed by atoms with E-state index in [1.54, 1.807) is 23.9 Å². The molecule has 5 nitrogen and oxygen atoms in total. The van der Waals surface area contributed by atoms with E-state index in [0.29, 0.717) is 16.9 Å². The lowest BCUT2D eigenvalue weighted by Gasteiger charge is -2.04. The van der Waals surface area contributed by atoms with Crippen molar-refractivity contribution in [3.63, 3.8) is 0 Å². The van der Waals surface area contributed by atoms with Crippen molar-refractivity contribution in [3.8, 4) is 0 Å². The molecule has 25 heavy (non-hydrogen) atoms. The van der Waals surface area contributed by atoms with E-state index in [2.05, 4.69) is 15.4 Å². The van der Waals surface area contributed by atoms with E-state index in [0.717, 1.165) is 16.5 Å². The molecular formula is C19H15FN4O. The summed E-state index contributed by atoms with van der Waals surface area (Å²) < 4.78 is 15.4. The molecule has 2 heterocycles. The lowest BCUT2D eigenvalue weighted by molar-refractivity contribution is 0.102. The molecule has 0 bridgehead atoms. The van der Waals surface area contributed by atoms with E-state index < -0.39 is 11.7 Å². The standard InChI is InChI=1S/C19H15FN4O/c1-11-6-5-7-12-10-14-17(23-24(2)18(14)21-16(11)12)22-19(25)13-8-3-4-9-15(13)20/h3-10H,1-2H3,(H,22,23,25). The molecule has 124 valence electrons. The van der Waals surface area contributed by atoms with Crippen LogP contribution in [0.25, 0.3) is 21.9 Å². The first kappa shape index (κ1) is 15.3. The zero-order valence-electron chi connectivity index (χ0n) is 13.7. The highest BCUT2D eigenvalue weighted by molar-refractivity contribution is 6.09. The predicted molar refractivity (Wildman–Crippen MR) is 95.1 cm³/mol. The minimum atomic E-state index is -0.570. The van der Waals surface area contributed by atoms with E-state index >= 15 is 0 Å². The van der Waals surface area contributed by atoms with Crippen molar-refractivity contribution in [2.45, 2.75) is 6.92 Å². The Bertz CT molecular complexity index is 1130. The number of nitrogens with zero attached hydrogens (tertiary/aromatic N) is 3. The van der Waals surface area contributed by atoms with Crippen molar-refractivity contribution < 1.29 is 9.18 Å². The number of anilines is 1. The number of hydrogen-bond donors (Lipinski definition) is 1. The number of fused-ring (bicyclic) bond motifs is 2. The van der Waals surface area contributed by atoms with Crippen LogP contribution in [0.1, 0.15) is 15.9 Å². The molecule has 2 aromatic carbocycles. The smallest absolute Gasteiger partial charge is 0.259 e. The van der Waals surface area contributed by atoms with Crippen LogP contribution in [0.5, 0.6) is 0 Å². The van der Waals surface area contributed by atoms with E-state index in [-0.39, 0.29) is 5.56 Å². The van der Waals surface area contributed by atoms with Gasteiger partial charge in [-0.1, -0.05) is 30.3 Å². The van der Waals surface area contributed by atoms with Crippen LogP contribution in [0.2, 0.25) is 0 Å². The molecule has 1 N–H and O–H groups in total. The van der Waals surface area contributed by atoms with E-state index in [4.69, 9.17) is 0 Å². The Morgan fingerprint density at radius 3 is 2.76 bits per heavy atom. The predicted octanol–water partition coefficient (Wildman–Crippen LogP) is 3.82. The number of hydrogen-bond acceptors (Lipinski definition) is 3. The third-order valence-electron chi connectivity index (χ3n) is 4.19. The van der Waals surface area contributed by atoms with Gasteiger partial charge in [0.1, 0.15) is 5.82 Å². The average Bonchev–Trinajstić information content (AvgIpc) is 2.89. The number of aromatic nitrogens is 3. The minimum absolute atomic E-state index is 0.0223. The highest BCUT2D eigenvalue weighted by Gasteiger charge is 2.17. The summed E-state index contributed by atoms with van der Waals surface area (Å²) in [4.78, 5) is 17.1. The summed E-state index contributed by atoms with van der Waals surface area (Å²) in [6.45, 7) is 2.00. The number of pyridine rings is 1. The topological polar surface area (TPSA) is 59.8 Å². The van der Waals surface area contributed by atoms with Crippen molar-refractivity contribution >= 4 is 33.7 Å². The first-order chi connectivity index (χ1) is 12.0. The molecule has 0 radical (unpaired) electrons. The quantitative estimate of drug-likeness (QED) is 0.606. The molecule has 4 rings (SSSR count). The van der Waals surface area contributed by atoms with Gasteiger partial charge in [0.05, 0.1) is 16.5 Å². The van der Waals surface area contributed by atoms with Gasteiger partial charge in [-0.05, 0) is 30.7 Å². The van der Waals surface area contributed by atoms with Gasteiger partial charge in [0.25, 0.3) is 5.91 Å². The molecule has 2 aromatic heterocycles. The summed E-state index contributed by atoms with van der Waals surface area (Å²) in [5.41, 5.74) is 2.60. The Morgan fingerprint density at radius 1 is 1.16 bits per heavy atom. The van der Waals surface area contributed by atoms with Crippen molar-refractivity contribution in [2.24, 2.45) is 7.05 Å². The number of carbonyl (C=O) groups excluding carboxylic acids is 1. The van der Waals surface area contributed by atoms with Gasteiger partial charge in [-0.25, -0.2) is 14.1 Å². The fourth-order valence-corrected chi connectivity index (χ4v) is 2.92. The van der Waals surface area contributed by atoms with Crippen molar-refractivity contribution in [1.82, 2.24) is 14.8 Å². The van der Waals surface area contributed by atoms with Crippen molar-refractivity contribution in [1.29, 1.82) is 0 Å². The third kappa shape index (κ3) is 2.52. The van der Waals surface area contributed by atoms with E-state index in [1.165, 1.54) is 12.1 Å². The maximum Gasteiger partial charge on any atom is 0.259 e. The summed E-state index contributed by atoms with van der Waals surface area (Å²) in [5, 5.41) is 8.70. The van der Waals surface area contributed by atoms with Crippen LogP contribution >= 0.6 is 0 Å². The summed E-state index contributed by atoms with van der Waals surface area (Å²) in [6.07, 6.45) is 0. The number of benzene rings is 2. The second kappa shape index (κ2) is 5.66. The fraction of sp³-hybridized carbons (Fsp3) is 0.105. The van der Waals surface area contributed by atoms with Gasteiger partial charge in [0, 0.05) is 12.4 Å². The normalized spacial score (nSPS) is 11.2. The second-order valence-corrected chi connectivity index (χ2v) is 5.91. The lowest BCUT2D eigenvalue weighted by Crippen LogP contribution is -2.14. The summed E-state index contributed by atoms with van der Waals surface area (Å²) in [6, 6.07) is 13.7. The molecule has 0 saturated carbocycles. The molecule has 6 heteroatoms. The largest absolute Gasteiger partial charge is 0.304 e. The van der Waals surface area contributed by atoms with E-state index in [1.807, 2.05) is 31.2 Å². The molecule has 0 aliphatic heterocycles. The summed E-state index contributed by atoms with van der Waals surface area (Å²) in [7, 11) is 1.76. The summed E-state index contributed by atoms with van der Waals surface area (Å²) >= 11 is 0. The number of aryl methyl sites for hydroxylation is 2. The maximum absolute atomic E-state index is 13.8. The van der Waals surface area contributed by atoms with Crippen molar-refractivity contribution in [2.75, 3.05) is 5.32 Å². The van der Waals surface area contributed by atoms with Gasteiger partial charge >= 0.3 is 0 Å². The molecule has 0 spiro atoms. The number of carbonyl (C=O) groups is 1. The molecule has 0 aliphatic rings. The van der Waals surface area contributed by atoms with Gasteiger partial charge in [0.15, 0.2) is 11.5 Å². The molecular weight excluding hydrogens is 319 g/mol.